The minimum Gasteiger partial charge on any atom is -0.378 e. The molecule has 0 amide bonds. The monoisotopic (exact) mass is 212 g/mol. The van der Waals surface area contributed by atoms with Crippen LogP contribution >= 0.6 is 0 Å². The molecule has 0 fully saturated rings. The molecule has 0 bridgehead atoms. The van der Waals surface area contributed by atoms with Crippen molar-refractivity contribution in [2.24, 2.45) is 0 Å². The van der Waals surface area contributed by atoms with Crippen LogP contribution in [0, 0.1) is 10.1 Å². The second-order valence-electron chi connectivity index (χ2n) is 4.07. The van der Waals surface area contributed by atoms with Gasteiger partial charge in [-0.15, -0.1) is 0 Å². The van der Waals surface area contributed by atoms with Gasteiger partial charge in [0.15, 0.2) is 0 Å². The molecule has 6 nitrogen and oxygen atoms in total. The minimum atomic E-state index is -0.462. The molecule has 0 aromatic carbocycles. The van der Waals surface area contributed by atoms with Crippen LogP contribution in [0.2, 0.25) is 0 Å². The van der Waals surface area contributed by atoms with Crippen molar-refractivity contribution in [3.05, 3.63) is 15.8 Å². The molecule has 0 aliphatic rings. The van der Waals surface area contributed by atoms with Gasteiger partial charge in [0.1, 0.15) is 5.69 Å². The van der Waals surface area contributed by atoms with Crippen LogP contribution in [0.1, 0.15) is 45.3 Å². The molecule has 0 spiro atoms. The first kappa shape index (κ1) is 11.5. The topological polar surface area (TPSA) is 87.0 Å². The molecule has 1 aromatic rings. The Morgan fingerprint density at radius 1 is 1.40 bits per heavy atom. The molecule has 0 aliphatic carbocycles. The highest BCUT2D eigenvalue weighted by Gasteiger charge is 2.28. The Morgan fingerprint density at radius 3 is 2.20 bits per heavy atom. The van der Waals surface area contributed by atoms with Crippen molar-refractivity contribution >= 4 is 11.5 Å². The number of nitrogens with two attached hydrogens (primary N) is 1. The third-order valence-electron chi connectivity index (χ3n) is 2.17. The molecule has 2 N–H and O–H groups in total. The average molecular weight is 212 g/mol. The fourth-order valence-electron chi connectivity index (χ4n) is 1.43. The van der Waals surface area contributed by atoms with E-state index in [0.717, 1.165) is 0 Å². The van der Waals surface area contributed by atoms with Gasteiger partial charge < -0.3 is 5.73 Å². The highest BCUT2D eigenvalue weighted by atomic mass is 16.6. The third-order valence-corrected chi connectivity index (χ3v) is 2.17. The lowest BCUT2D eigenvalue weighted by Gasteiger charge is -2.05. The highest BCUT2D eigenvalue weighted by molar-refractivity contribution is 5.57. The summed E-state index contributed by atoms with van der Waals surface area (Å²) >= 11 is 0. The quantitative estimate of drug-likeness (QED) is 0.613. The number of hydrogen-bond acceptors (Lipinski definition) is 4. The average Bonchev–Trinajstić information content (AvgIpc) is 2.42. The van der Waals surface area contributed by atoms with Gasteiger partial charge in [0.2, 0.25) is 5.82 Å². The predicted molar refractivity (Wildman–Crippen MR) is 57.8 cm³/mol. The van der Waals surface area contributed by atoms with Crippen molar-refractivity contribution in [3.63, 3.8) is 0 Å². The number of aromatic nitrogens is 2. The Hall–Kier alpha value is -1.59. The van der Waals surface area contributed by atoms with E-state index in [4.69, 9.17) is 5.73 Å². The summed E-state index contributed by atoms with van der Waals surface area (Å²) in [6.45, 7) is 7.49. The van der Waals surface area contributed by atoms with Crippen LogP contribution in [0.25, 0.3) is 0 Å². The maximum atomic E-state index is 10.9. The number of anilines is 1. The lowest BCUT2D eigenvalue weighted by molar-refractivity contribution is -0.384. The van der Waals surface area contributed by atoms with Gasteiger partial charge in [-0.3, -0.25) is 10.1 Å². The molecular weight excluding hydrogens is 196 g/mol. The molecule has 1 rings (SSSR count). The second kappa shape index (κ2) is 3.88. The maximum Gasteiger partial charge on any atom is 0.334 e. The number of nitrogen functional groups attached to an aromatic ring is 1. The van der Waals surface area contributed by atoms with Gasteiger partial charge in [0, 0.05) is 12.0 Å². The fraction of sp³-hybridized carbons (Fsp3) is 0.667. The van der Waals surface area contributed by atoms with E-state index in [9.17, 15) is 10.1 Å². The van der Waals surface area contributed by atoms with Crippen molar-refractivity contribution in [3.8, 4) is 0 Å². The number of rotatable bonds is 3. The Morgan fingerprint density at radius 2 is 1.93 bits per heavy atom. The molecular formula is C9H16N4O2. The zero-order chi connectivity index (χ0) is 11.7. The van der Waals surface area contributed by atoms with Crippen LogP contribution < -0.4 is 5.73 Å². The van der Waals surface area contributed by atoms with Crippen molar-refractivity contribution < 1.29 is 4.92 Å². The smallest absolute Gasteiger partial charge is 0.334 e. The first-order valence-corrected chi connectivity index (χ1v) is 4.88. The van der Waals surface area contributed by atoms with Crippen LogP contribution in [0.4, 0.5) is 11.5 Å². The molecule has 0 aliphatic heterocycles. The predicted octanol–water partition coefficient (Wildman–Crippen LogP) is 2.08. The van der Waals surface area contributed by atoms with Gasteiger partial charge in [-0.1, -0.05) is 13.8 Å². The third kappa shape index (κ3) is 1.93. The molecule has 0 saturated heterocycles. The Kier molecular flexibility index (Phi) is 2.97. The molecule has 1 aromatic heterocycles. The van der Waals surface area contributed by atoms with Gasteiger partial charge in [-0.05, 0) is 13.8 Å². The first-order chi connectivity index (χ1) is 6.86. The van der Waals surface area contributed by atoms with E-state index in [1.165, 1.54) is 4.68 Å². The Balaban J connectivity index is 3.39. The summed E-state index contributed by atoms with van der Waals surface area (Å²) < 4.78 is 1.49. The van der Waals surface area contributed by atoms with Crippen molar-refractivity contribution in [2.75, 3.05) is 5.73 Å². The summed E-state index contributed by atoms with van der Waals surface area (Å²) in [4.78, 5) is 10.4. The Labute approximate surface area is 88.2 Å². The molecule has 6 heteroatoms. The lowest BCUT2D eigenvalue weighted by atomic mass is 10.1. The summed E-state index contributed by atoms with van der Waals surface area (Å²) in [5.41, 5.74) is 6.10. The van der Waals surface area contributed by atoms with Crippen LogP contribution in [0.3, 0.4) is 0 Å². The second-order valence-corrected chi connectivity index (χ2v) is 4.07. The maximum absolute atomic E-state index is 10.9. The highest BCUT2D eigenvalue weighted by Crippen LogP contribution is 2.32. The van der Waals surface area contributed by atoms with Crippen molar-refractivity contribution in [1.82, 2.24) is 9.78 Å². The van der Waals surface area contributed by atoms with E-state index in [0.29, 0.717) is 5.69 Å². The van der Waals surface area contributed by atoms with Crippen LogP contribution in [0.15, 0.2) is 0 Å². The van der Waals surface area contributed by atoms with Gasteiger partial charge in [-0.25, -0.2) is 4.68 Å². The van der Waals surface area contributed by atoms with Gasteiger partial charge in [0.05, 0.1) is 4.92 Å². The molecule has 0 radical (unpaired) electrons. The number of nitrogens with zero attached hydrogens (tertiary/aromatic N) is 3. The zero-order valence-corrected chi connectivity index (χ0v) is 9.39. The van der Waals surface area contributed by atoms with E-state index >= 15 is 0 Å². The van der Waals surface area contributed by atoms with Crippen LogP contribution in [-0.4, -0.2) is 14.7 Å². The summed E-state index contributed by atoms with van der Waals surface area (Å²) in [5.74, 6) is 0.131. The molecule has 1 heterocycles. The normalized spacial score (nSPS) is 11.3. The number of hydrogen-bond donors (Lipinski definition) is 1. The van der Waals surface area contributed by atoms with Crippen LogP contribution in [0.5, 0.6) is 0 Å². The molecule has 0 atom stereocenters. The zero-order valence-electron chi connectivity index (χ0n) is 9.39. The van der Waals surface area contributed by atoms with Gasteiger partial charge in [0.25, 0.3) is 0 Å². The SMILES string of the molecule is CC(C)c1nn(C(C)C)c(N)c1[N+](=O)[O-]. The molecule has 15 heavy (non-hydrogen) atoms. The van der Waals surface area contributed by atoms with E-state index in [2.05, 4.69) is 5.10 Å². The summed E-state index contributed by atoms with van der Waals surface area (Å²) in [6.07, 6.45) is 0. The van der Waals surface area contributed by atoms with E-state index in [-0.39, 0.29) is 23.5 Å². The van der Waals surface area contributed by atoms with Crippen molar-refractivity contribution in [1.29, 1.82) is 0 Å². The van der Waals surface area contributed by atoms with Gasteiger partial charge >= 0.3 is 5.69 Å². The molecule has 84 valence electrons. The van der Waals surface area contributed by atoms with Gasteiger partial charge in [-0.2, -0.15) is 5.10 Å². The van der Waals surface area contributed by atoms with E-state index in [1.807, 2.05) is 27.7 Å². The fourth-order valence-corrected chi connectivity index (χ4v) is 1.43. The largest absolute Gasteiger partial charge is 0.378 e. The number of nitro groups is 1. The standard InChI is InChI=1S/C9H16N4O2/c1-5(2)7-8(13(14)15)9(10)12(11-7)6(3)4/h5-6H,10H2,1-4H3. The summed E-state index contributed by atoms with van der Waals surface area (Å²) in [5, 5.41) is 15.0. The first-order valence-electron chi connectivity index (χ1n) is 4.88. The van der Waals surface area contributed by atoms with E-state index in [1.54, 1.807) is 0 Å². The molecule has 0 saturated carbocycles. The van der Waals surface area contributed by atoms with Crippen LogP contribution in [-0.2, 0) is 0 Å². The van der Waals surface area contributed by atoms with Crippen molar-refractivity contribution in [2.45, 2.75) is 39.7 Å². The summed E-state index contributed by atoms with van der Waals surface area (Å²) in [7, 11) is 0. The molecule has 0 unspecified atom stereocenters. The Bertz CT molecular complexity index is 382. The minimum absolute atomic E-state index is 0.00676. The lowest BCUT2D eigenvalue weighted by Crippen LogP contribution is -2.07. The summed E-state index contributed by atoms with van der Waals surface area (Å²) in [6, 6.07) is 0.0243. The van der Waals surface area contributed by atoms with E-state index < -0.39 is 4.92 Å².